The molecule has 2 aliphatic heterocycles. The fourth-order valence-corrected chi connectivity index (χ4v) is 6.45. The van der Waals surface area contributed by atoms with Crippen LogP contribution in [0.2, 0.25) is 0 Å². The lowest BCUT2D eigenvalue weighted by molar-refractivity contribution is -0.830. The van der Waals surface area contributed by atoms with E-state index in [2.05, 4.69) is 13.1 Å². The summed E-state index contributed by atoms with van der Waals surface area (Å²) in [4.78, 5) is 19.8. The van der Waals surface area contributed by atoms with Crippen molar-refractivity contribution in [2.45, 2.75) is 82.8 Å². The minimum Gasteiger partial charge on any atom is -0.387 e. The highest BCUT2D eigenvalue weighted by molar-refractivity contribution is 5.79. The van der Waals surface area contributed by atoms with E-state index in [-0.39, 0.29) is 18.4 Å². The number of rotatable bonds is 8. The molecule has 3 atom stereocenters. The number of hydrogen-bond acceptors (Lipinski definition) is 4. The number of likely N-dealkylation sites (N-methyl/N-ethyl adjacent to an activating group) is 1. The Balaban J connectivity index is 1.37. The first kappa shape index (κ1) is 28.7. The number of halogens is 1. The number of allylic oxidation sites excluding steroid dienone is 2. The molecule has 3 unspecified atom stereocenters. The molecule has 6 nitrogen and oxygen atoms in total. The van der Waals surface area contributed by atoms with Gasteiger partial charge in [0.15, 0.2) is 0 Å². The van der Waals surface area contributed by atoms with Crippen molar-refractivity contribution in [1.82, 2.24) is 4.90 Å². The maximum Gasteiger partial charge on any atom is 0.226 e. The van der Waals surface area contributed by atoms with Gasteiger partial charge in [0.2, 0.25) is 11.7 Å². The Morgan fingerprint density at radius 1 is 1.21 bits per heavy atom. The van der Waals surface area contributed by atoms with Gasteiger partial charge in [0.1, 0.15) is 18.5 Å². The zero-order valence-electron chi connectivity index (χ0n) is 23.1. The molecule has 208 valence electrons. The number of benzene rings is 1. The van der Waals surface area contributed by atoms with Crippen LogP contribution in [0.1, 0.15) is 75.8 Å². The highest BCUT2D eigenvalue weighted by Crippen LogP contribution is 2.39. The van der Waals surface area contributed by atoms with Gasteiger partial charge in [-0.15, -0.1) is 0 Å². The molecule has 0 spiro atoms. The average molecular weight is 527 g/mol. The quantitative estimate of drug-likeness (QED) is 0.476. The summed E-state index contributed by atoms with van der Waals surface area (Å²) in [6.45, 7) is 4.92. The summed E-state index contributed by atoms with van der Waals surface area (Å²) < 4.78 is 15.5. The number of nitrogens with zero attached hydrogens (tertiary/aromatic N) is 3. The number of aliphatic hydroxyl groups excluding tert-OH is 1. The molecule has 2 heterocycles. The Morgan fingerprint density at radius 2 is 2.00 bits per heavy atom. The van der Waals surface area contributed by atoms with Gasteiger partial charge < -0.3 is 15.1 Å². The smallest absolute Gasteiger partial charge is 0.226 e. The van der Waals surface area contributed by atoms with Gasteiger partial charge >= 0.3 is 0 Å². The molecule has 1 saturated carbocycles. The Bertz CT molecular complexity index is 1060. The van der Waals surface area contributed by atoms with E-state index in [0.29, 0.717) is 60.4 Å². The summed E-state index contributed by atoms with van der Waals surface area (Å²) in [5.41, 5.74) is -0.0482. The summed E-state index contributed by atoms with van der Waals surface area (Å²) in [5.74, 6) is 1.10. The molecule has 1 amide bonds. The van der Waals surface area contributed by atoms with E-state index in [0.717, 1.165) is 50.9 Å². The zero-order chi connectivity index (χ0) is 27.2. The predicted octanol–water partition coefficient (Wildman–Crippen LogP) is 4.85. The molecule has 2 fully saturated rings. The normalized spacial score (nSPS) is 23.9. The number of amides is 1. The third kappa shape index (κ3) is 6.99. The van der Waals surface area contributed by atoms with Crippen LogP contribution in [-0.2, 0) is 16.8 Å². The highest BCUT2D eigenvalue weighted by Gasteiger charge is 2.36. The fraction of sp³-hybridized carbons (Fsp3) is 0.613. The number of carbonyl (C=O) groups excluding carboxylic acids is 1. The standard InChI is InChI=1S/C31H45FN3O3/c1-3-26(36)23-35(2,29-11-5-4-8-17-33-29)22-24-10-9-18-34(19-14-24)30(37)21-25-12-13-27(28(32)20-25)31(38)15-6-7-16-31/h4-5,8,12-13,17,20,24,26,36,38H,3,6-7,9-11,14-16,18-19,21-23H2,1-2H3/q+1. The summed E-state index contributed by atoms with van der Waals surface area (Å²) in [7, 11) is 2.18. The minimum absolute atomic E-state index is 0.0273. The molecule has 7 heteroatoms. The second-order valence-corrected chi connectivity index (χ2v) is 11.7. The van der Waals surface area contributed by atoms with Crippen molar-refractivity contribution in [2.24, 2.45) is 10.9 Å². The van der Waals surface area contributed by atoms with Crippen molar-refractivity contribution in [3.63, 3.8) is 0 Å². The van der Waals surface area contributed by atoms with Crippen molar-refractivity contribution in [1.29, 1.82) is 0 Å². The first-order valence-corrected chi connectivity index (χ1v) is 14.4. The van der Waals surface area contributed by atoms with Gasteiger partial charge in [-0.1, -0.05) is 44.1 Å². The van der Waals surface area contributed by atoms with Gasteiger partial charge in [-0.3, -0.25) is 9.28 Å². The molecule has 3 aliphatic rings. The van der Waals surface area contributed by atoms with Gasteiger partial charge in [-0.2, -0.15) is 0 Å². The summed E-state index contributed by atoms with van der Waals surface area (Å²) >= 11 is 0. The lowest BCUT2D eigenvalue weighted by Gasteiger charge is -2.38. The lowest BCUT2D eigenvalue weighted by atomic mass is 9.90. The van der Waals surface area contributed by atoms with Crippen molar-refractivity contribution in [3.05, 3.63) is 59.6 Å². The van der Waals surface area contributed by atoms with Crippen LogP contribution in [0.3, 0.4) is 0 Å². The number of aliphatic imine (C=N–C) groups is 1. The molecule has 1 aliphatic carbocycles. The topological polar surface area (TPSA) is 73.1 Å². The van der Waals surface area contributed by atoms with Crippen LogP contribution in [0.5, 0.6) is 0 Å². The average Bonchev–Trinajstić information content (AvgIpc) is 3.07. The van der Waals surface area contributed by atoms with Crippen LogP contribution >= 0.6 is 0 Å². The number of amidine groups is 1. The van der Waals surface area contributed by atoms with E-state index in [1.54, 1.807) is 12.1 Å². The van der Waals surface area contributed by atoms with Crippen LogP contribution in [0.15, 0.2) is 47.6 Å². The first-order chi connectivity index (χ1) is 18.2. The summed E-state index contributed by atoms with van der Waals surface area (Å²) in [6.07, 6.45) is 15.0. The number of quaternary nitrogens is 1. The van der Waals surface area contributed by atoms with Gasteiger partial charge in [0.25, 0.3) is 0 Å². The first-order valence-electron chi connectivity index (χ1n) is 14.4. The maximum absolute atomic E-state index is 14.9. The molecule has 0 radical (unpaired) electrons. The molecule has 38 heavy (non-hydrogen) atoms. The lowest BCUT2D eigenvalue weighted by Crippen LogP contribution is -2.55. The molecule has 0 bridgehead atoms. The van der Waals surface area contributed by atoms with E-state index in [4.69, 9.17) is 4.99 Å². The van der Waals surface area contributed by atoms with Crippen LogP contribution < -0.4 is 0 Å². The fourth-order valence-electron chi connectivity index (χ4n) is 6.45. The minimum atomic E-state index is -1.07. The van der Waals surface area contributed by atoms with Crippen LogP contribution in [0, 0.1) is 11.7 Å². The SMILES string of the molecule is CCC(O)C[N+](C)(CC1CCCN(C(=O)Cc2ccc(C3(O)CCCC3)c(F)c2)CC1)C1=NC=CC=CC1. The van der Waals surface area contributed by atoms with Gasteiger partial charge in [0, 0.05) is 30.8 Å². The van der Waals surface area contributed by atoms with Crippen LogP contribution in [-0.4, -0.2) is 70.7 Å². The Kier molecular flexibility index (Phi) is 9.55. The van der Waals surface area contributed by atoms with Gasteiger partial charge in [-0.05, 0) is 56.2 Å². The number of hydrogen-bond donors (Lipinski definition) is 2. The Morgan fingerprint density at radius 3 is 2.74 bits per heavy atom. The van der Waals surface area contributed by atoms with Crippen LogP contribution in [0.25, 0.3) is 0 Å². The van der Waals surface area contributed by atoms with Crippen LogP contribution in [0.4, 0.5) is 4.39 Å². The Labute approximate surface area is 227 Å². The molecule has 4 rings (SSSR count). The molecule has 1 aromatic rings. The van der Waals surface area contributed by atoms with Gasteiger partial charge in [-0.25, -0.2) is 9.38 Å². The number of aliphatic hydroxyl groups is 2. The highest BCUT2D eigenvalue weighted by atomic mass is 19.1. The molecule has 1 aromatic carbocycles. The van der Waals surface area contributed by atoms with Gasteiger partial charge in [0.05, 0.1) is 32.0 Å². The zero-order valence-corrected chi connectivity index (χ0v) is 23.1. The summed E-state index contributed by atoms with van der Waals surface area (Å²) in [6, 6.07) is 4.90. The van der Waals surface area contributed by atoms with E-state index >= 15 is 0 Å². The molecule has 0 aromatic heterocycles. The van der Waals surface area contributed by atoms with Crippen molar-refractivity contribution in [2.75, 3.05) is 33.2 Å². The molecule has 2 N–H and O–H groups in total. The van der Waals surface area contributed by atoms with E-state index in [1.807, 2.05) is 30.2 Å². The Hall–Kier alpha value is -2.35. The largest absolute Gasteiger partial charge is 0.387 e. The number of carbonyl (C=O) groups is 1. The van der Waals surface area contributed by atoms with E-state index < -0.39 is 11.4 Å². The van der Waals surface area contributed by atoms with Crippen molar-refractivity contribution >= 4 is 11.7 Å². The monoisotopic (exact) mass is 526 g/mol. The second kappa shape index (κ2) is 12.7. The maximum atomic E-state index is 14.9. The summed E-state index contributed by atoms with van der Waals surface area (Å²) in [5, 5.41) is 21.3. The molecular formula is C31H45FN3O3+. The molecular weight excluding hydrogens is 481 g/mol. The van der Waals surface area contributed by atoms with E-state index in [1.165, 1.54) is 6.07 Å². The molecule has 1 saturated heterocycles. The second-order valence-electron chi connectivity index (χ2n) is 11.7. The predicted molar refractivity (Wildman–Crippen MR) is 149 cm³/mol. The third-order valence-electron chi connectivity index (χ3n) is 8.75. The third-order valence-corrected chi connectivity index (χ3v) is 8.75. The van der Waals surface area contributed by atoms with Crippen molar-refractivity contribution < 1.29 is 23.9 Å². The van der Waals surface area contributed by atoms with E-state index in [9.17, 15) is 19.4 Å². The number of likely N-dealkylation sites (tertiary alicyclic amines) is 1. The van der Waals surface area contributed by atoms with Crippen molar-refractivity contribution in [3.8, 4) is 0 Å².